The van der Waals surface area contributed by atoms with Gasteiger partial charge in [-0.15, -0.1) is 0 Å². The molecule has 1 amide bonds. The van der Waals surface area contributed by atoms with E-state index in [-0.39, 0.29) is 0 Å². The molecule has 1 saturated heterocycles. The lowest BCUT2D eigenvalue weighted by molar-refractivity contribution is -0.131. The van der Waals surface area contributed by atoms with Gasteiger partial charge in [0.1, 0.15) is 11.6 Å². The third-order valence-corrected chi connectivity index (χ3v) is 5.70. The molecule has 0 radical (unpaired) electrons. The first-order valence-corrected chi connectivity index (χ1v) is 11.3. The fraction of sp³-hybridized carbons (Fsp3) is 0.783. The molecule has 1 fully saturated rings. The minimum Gasteiger partial charge on any atom is -0.354 e. The summed E-state index contributed by atoms with van der Waals surface area (Å²) in [5.41, 5.74) is 2.33. The Hall–Kier alpha value is -1.65. The van der Waals surface area contributed by atoms with E-state index in [2.05, 4.69) is 42.5 Å². The molecule has 158 valence electrons. The molecule has 2 heterocycles. The summed E-state index contributed by atoms with van der Waals surface area (Å²) in [6.45, 7) is 14.2. The maximum Gasteiger partial charge on any atom is 0.222 e. The van der Waals surface area contributed by atoms with Gasteiger partial charge in [-0.1, -0.05) is 52.9 Å². The van der Waals surface area contributed by atoms with Gasteiger partial charge < -0.3 is 9.80 Å². The lowest BCUT2D eigenvalue weighted by atomic mass is 10.0. The van der Waals surface area contributed by atoms with Crippen LogP contribution in [0.25, 0.3) is 0 Å². The first-order valence-electron chi connectivity index (χ1n) is 11.3. The molecule has 1 aromatic rings. The Morgan fingerprint density at radius 1 is 0.964 bits per heavy atom. The Morgan fingerprint density at radius 3 is 2.39 bits per heavy atom. The fourth-order valence-corrected chi connectivity index (χ4v) is 4.21. The van der Waals surface area contributed by atoms with Crippen molar-refractivity contribution in [3.8, 4) is 0 Å². The Bertz CT molecular complexity index is 629. The molecule has 0 N–H and O–H groups in total. The summed E-state index contributed by atoms with van der Waals surface area (Å²) >= 11 is 0. The first-order chi connectivity index (χ1) is 13.4. The Morgan fingerprint density at radius 2 is 1.68 bits per heavy atom. The van der Waals surface area contributed by atoms with Gasteiger partial charge >= 0.3 is 0 Å². The van der Waals surface area contributed by atoms with E-state index < -0.39 is 0 Å². The molecule has 0 bridgehead atoms. The first kappa shape index (κ1) is 22.6. The van der Waals surface area contributed by atoms with Crippen LogP contribution in [-0.2, 0) is 4.79 Å². The third-order valence-electron chi connectivity index (χ3n) is 5.70. The molecule has 5 nitrogen and oxygen atoms in total. The van der Waals surface area contributed by atoms with Crippen molar-refractivity contribution in [1.82, 2.24) is 14.9 Å². The Balaban J connectivity index is 1.92. The molecule has 0 aliphatic carbocycles. The molecule has 0 atom stereocenters. The number of anilines is 1. The normalized spacial score (nSPS) is 15.2. The van der Waals surface area contributed by atoms with Crippen molar-refractivity contribution in [2.45, 2.75) is 91.9 Å². The molecule has 0 unspecified atom stereocenters. The summed E-state index contributed by atoms with van der Waals surface area (Å²) in [7, 11) is 0. The standard InChI is InChI=1S/C23H40N4O/c1-6-7-8-9-10-11-13-21(28)26-14-12-15-27(17-16-26)23-22(18(2)3)19(4)24-20(5)25-23/h18H,6-17H2,1-5H3. The van der Waals surface area contributed by atoms with Crippen molar-refractivity contribution >= 4 is 11.7 Å². The van der Waals surface area contributed by atoms with Gasteiger partial charge in [-0.3, -0.25) is 4.79 Å². The second-order valence-corrected chi connectivity index (χ2v) is 8.49. The number of hydrogen-bond donors (Lipinski definition) is 0. The van der Waals surface area contributed by atoms with Gasteiger partial charge in [-0.25, -0.2) is 9.97 Å². The van der Waals surface area contributed by atoms with Crippen LogP contribution in [-0.4, -0.2) is 47.0 Å². The van der Waals surface area contributed by atoms with Crippen molar-refractivity contribution in [3.63, 3.8) is 0 Å². The number of rotatable bonds is 9. The average Bonchev–Trinajstić information content (AvgIpc) is 2.89. The van der Waals surface area contributed by atoms with Gasteiger partial charge in [0.15, 0.2) is 0 Å². The van der Waals surface area contributed by atoms with Crippen LogP contribution in [0.5, 0.6) is 0 Å². The summed E-state index contributed by atoms with van der Waals surface area (Å²) in [5.74, 6) is 2.63. The summed E-state index contributed by atoms with van der Waals surface area (Å²) in [6.07, 6.45) is 9.08. The molecule has 1 aliphatic rings. The van der Waals surface area contributed by atoms with Crippen LogP contribution >= 0.6 is 0 Å². The zero-order valence-electron chi connectivity index (χ0n) is 18.8. The molecular weight excluding hydrogens is 348 g/mol. The Labute approximate surface area is 171 Å². The summed E-state index contributed by atoms with van der Waals surface area (Å²) < 4.78 is 0. The number of carbonyl (C=O) groups excluding carboxylic acids is 1. The number of unbranched alkanes of at least 4 members (excludes halogenated alkanes) is 5. The minimum absolute atomic E-state index is 0.330. The van der Waals surface area contributed by atoms with Crippen molar-refractivity contribution in [2.24, 2.45) is 0 Å². The van der Waals surface area contributed by atoms with Crippen LogP contribution in [0, 0.1) is 13.8 Å². The zero-order valence-corrected chi connectivity index (χ0v) is 18.8. The highest BCUT2D eigenvalue weighted by Crippen LogP contribution is 2.29. The lowest BCUT2D eigenvalue weighted by Crippen LogP contribution is -2.35. The predicted octanol–water partition coefficient (Wildman–Crippen LogP) is 5.01. The van der Waals surface area contributed by atoms with Crippen molar-refractivity contribution in [1.29, 1.82) is 0 Å². The van der Waals surface area contributed by atoms with Crippen LogP contribution < -0.4 is 4.90 Å². The highest BCUT2D eigenvalue weighted by atomic mass is 16.2. The van der Waals surface area contributed by atoms with Crippen molar-refractivity contribution in [3.05, 3.63) is 17.1 Å². The molecule has 1 aliphatic heterocycles. The second-order valence-electron chi connectivity index (χ2n) is 8.49. The summed E-state index contributed by atoms with van der Waals surface area (Å²) in [5, 5.41) is 0. The van der Waals surface area contributed by atoms with Crippen LogP contribution in [0.2, 0.25) is 0 Å². The van der Waals surface area contributed by atoms with E-state index in [0.717, 1.165) is 56.4 Å². The number of aryl methyl sites for hydroxylation is 2. The van der Waals surface area contributed by atoms with E-state index >= 15 is 0 Å². The van der Waals surface area contributed by atoms with E-state index in [1.165, 1.54) is 37.7 Å². The molecule has 5 heteroatoms. The molecular formula is C23H40N4O. The monoisotopic (exact) mass is 388 g/mol. The van der Waals surface area contributed by atoms with E-state index in [4.69, 9.17) is 4.98 Å². The maximum atomic E-state index is 12.6. The highest BCUT2D eigenvalue weighted by Gasteiger charge is 2.23. The lowest BCUT2D eigenvalue weighted by Gasteiger charge is -2.27. The fourth-order valence-electron chi connectivity index (χ4n) is 4.21. The molecule has 2 rings (SSSR count). The molecule has 28 heavy (non-hydrogen) atoms. The van der Waals surface area contributed by atoms with Crippen LogP contribution in [0.3, 0.4) is 0 Å². The maximum absolute atomic E-state index is 12.6. The van der Waals surface area contributed by atoms with E-state index in [9.17, 15) is 4.79 Å². The van der Waals surface area contributed by atoms with Crippen molar-refractivity contribution < 1.29 is 4.79 Å². The van der Waals surface area contributed by atoms with E-state index in [1.807, 2.05) is 6.92 Å². The quantitative estimate of drug-likeness (QED) is 0.558. The van der Waals surface area contributed by atoms with E-state index in [1.54, 1.807) is 0 Å². The second kappa shape index (κ2) is 11.4. The van der Waals surface area contributed by atoms with E-state index in [0.29, 0.717) is 18.2 Å². The largest absolute Gasteiger partial charge is 0.354 e. The molecule has 1 aromatic heterocycles. The number of aromatic nitrogens is 2. The van der Waals surface area contributed by atoms with Gasteiger partial charge in [0.05, 0.1) is 0 Å². The predicted molar refractivity (Wildman–Crippen MR) is 117 cm³/mol. The number of hydrogen-bond acceptors (Lipinski definition) is 4. The van der Waals surface area contributed by atoms with Gasteiger partial charge in [0, 0.05) is 43.9 Å². The third kappa shape index (κ3) is 6.46. The SMILES string of the molecule is CCCCCCCCC(=O)N1CCCN(c2nc(C)nc(C)c2C(C)C)CC1. The zero-order chi connectivity index (χ0) is 20.5. The summed E-state index contributed by atoms with van der Waals surface area (Å²) in [4.78, 5) is 26.5. The van der Waals surface area contributed by atoms with Gasteiger partial charge in [-0.05, 0) is 32.6 Å². The van der Waals surface area contributed by atoms with Crippen molar-refractivity contribution in [2.75, 3.05) is 31.1 Å². The minimum atomic E-state index is 0.330. The molecule has 0 aromatic carbocycles. The topological polar surface area (TPSA) is 49.3 Å². The Kier molecular flexibility index (Phi) is 9.20. The summed E-state index contributed by atoms with van der Waals surface area (Å²) in [6, 6.07) is 0. The van der Waals surface area contributed by atoms with Gasteiger partial charge in [0.2, 0.25) is 5.91 Å². The van der Waals surface area contributed by atoms with Crippen LogP contribution in [0.4, 0.5) is 5.82 Å². The smallest absolute Gasteiger partial charge is 0.222 e. The molecule has 0 spiro atoms. The number of nitrogens with zero attached hydrogens (tertiary/aromatic N) is 4. The van der Waals surface area contributed by atoms with Gasteiger partial charge in [0.25, 0.3) is 0 Å². The molecule has 0 saturated carbocycles. The number of carbonyl (C=O) groups is 1. The van der Waals surface area contributed by atoms with Gasteiger partial charge in [-0.2, -0.15) is 0 Å². The highest BCUT2D eigenvalue weighted by molar-refractivity contribution is 5.76. The average molecular weight is 389 g/mol. The number of amides is 1. The van der Waals surface area contributed by atoms with Crippen LogP contribution in [0.1, 0.15) is 95.1 Å². The van der Waals surface area contributed by atoms with Crippen LogP contribution in [0.15, 0.2) is 0 Å².